The average molecular weight is 711 g/mol. The summed E-state index contributed by atoms with van der Waals surface area (Å²) in [6.45, 7) is 8.77. The third kappa shape index (κ3) is 7.07. The van der Waals surface area contributed by atoms with E-state index in [0.29, 0.717) is 16.3 Å². The van der Waals surface area contributed by atoms with Crippen molar-refractivity contribution in [1.82, 2.24) is 15.5 Å². The topological polar surface area (TPSA) is 157 Å². The second-order valence-electron chi connectivity index (χ2n) is 13.6. The lowest BCUT2D eigenvalue weighted by Crippen LogP contribution is -2.59. The maximum atomic E-state index is 14.2. The molecule has 1 aromatic rings. The van der Waals surface area contributed by atoms with Crippen LogP contribution in [0.1, 0.15) is 52.9 Å². The maximum absolute atomic E-state index is 14.2. The Labute approximate surface area is 271 Å². The summed E-state index contributed by atoms with van der Waals surface area (Å²) >= 11 is 3.27. The number of nitrogens with one attached hydrogen (secondary N) is 2. The Balaban J connectivity index is 1.37. The van der Waals surface area contributed by atoms with Crippen LogP contribution >= 0.6 is 15.9 Å². The van der Waals surface area contributed by atoms with Crippen molar-refractivity contribution in [2.75, 3.05) is 13.7 Å². The van der Waals surface area contributed by atoms with E-state index in [1.54, 1.807) is 39.0 Å². The molecule has 4 aliphatic rings. The molecule has 14 heteroatoms. The average Bonchev–Trinajstić information content (AvgIpc) is 3.78. The van der Waals surface area contributed by atoms with Gasteiger partial charge >= 0.3 is 12.1 Å². The number of nitrogens with zero attached hydrogens (tertiary/aromatic N) is 1. The molecule has 3 saturated carbocycles. The fraction of sp³-hybridized carbons (Fsp3) is 0.613. The second kappa shape index (κ2) is 12.3. The maximum Gasteiger partial charge on any atom is 0.408 e. The van der Waals surface area contributed by atoms with E-state index in [1.165, 1.54) is 24.1 Å². The smallest absolute Gasteiger partial charge is 0.408 e. The van der Waals surface area contributed by atoms with E-state index in [-0.39, 0.29) is 36.3 Å². The molecule has 0 aromatic heterocycles. The number of hydrogen-bond acceptors (Lipinski definition) is 9. The Morgan fingerprint density at radius 1 is 1.07 bits per heavy atom. The predicted octanol–water partition coefficient (Wildman–Crippen LogP) is 3.30. The van der Waals surface area contributed by atoms with Crippen LogP contribution in [0.5, 0.6) is 0 Å². The molecule has 246 valence electrons. The number of methoxy groups -OCH3 is 1. The van der Waals surface area contributed by atoms with Gasteiger partial charge in [0.15, 0.2) is 0 Å². The minimum atomic E-state index is -4.26. The number of fused-ring (bicyclic) bond motifs is 1. The van der Waals surface area contributed by atoms with Gasteiger partial charge in [-0.25, -0.2) is 9.59 Å². The number of ether oxygens (including phenoxy) is 2. The molecule has 45 heavy (non-hydrogen) atoms. The lowest BCUT2D eigenvalue weighted by Gasteiger charge is -2.35. The molecule has 0 radical (unpaired) electrons. The van der Waals surface area contributed by atoms with E-state index in [4.69, 9.17) is 13.7 Å². The highest BCUT2D eigenvalue weighted by molar-refractivity contribution is 9.10. The summed E-state index contributed by atoms with van der Waals surface area (Å²) in [7, 11) is -3.05. The summed E-state index contributed by atoms with van der Waals surface area (Å²) in [4.78, 5) is 54.8. The SMILES string of the molecule is C=C[C@@H]1CC1(NC(=O)[C@@H]1C[C@H](OS(=O)(=O)c2ccc(Br)cc2)CN1C(=O)[C@H](NC(=O)OC1CC2C[C@H]2C1)C(C)(C)C)C(=O)OC. The molecule has 8 atom stereocenters. The zero-order valence-corrected chi connectivity index (χ0v) is 28.2. The summed E-state index contributed by atoms with van der Waals surface area (Å²) in [6, 6.07) is 3.55. The lowest BCUT2D eigenvalue weighted by molar-refractivity contribution is -0.148. The quantitative estimate of drug-likeness (QED) is 0.211. The molecular weight excluding hydrogens is 670 g/mol. The van der Waals surface area contributed by atoms with Crippen LogP contribution in [0.3, 0.4) is 0 Å². The van der Waals surface area contributed by atoms with Crippen LogP contribution in [-0.4, -0.2) is 80.7 Å². The monoisotopic (exact) mass is 709 g/mol. The van der Waals surface area contributed by atoms with Gasteiger partial charge in [0.25, 0.3) is 10.1 Å². The molecule has 1 saturated heterocycles. The molecule has 1 heterocycles. The predicted molar refractivity (Wildman–Crippen MR) is 165 cm³/mol. The van der Waals surface area contributed by atoms with Gasteiger partial charge in [-0.15, -0.1) is 6.58 Å². The van der Waals surface area contributed by atoms with Crippen molar-refractivity contribution < 1.29 is 41.3 Å². The van der Waals surface area contributed by atoms with Crippen LogP contribution in [0.25, 0.3) is 0 Å². The van der Waals surface area contributed by atoms with E-state index in [2.05, 4.69) is 33.1 Å². The van der Waals surface area contributed by atoms with Gasteiger partial charge in [-0.1, -0.05) is 42.8 Å². The molecule has 0 bridgehead atoms. The largest absolute Gasteiger partial charge is 0.467 e. The Morgan fingerprint density at radius 2 is 1.71 bits per heavy atom. The molecule has 5 rings (SSSR count). The number of likely N-dealkylation sites (tertiary alicyclic amines) is 1. The van der Waals surface area contributed by atoms with Crippen molar-refractivity contribution in [2.24, 2.45) is 23.2 Å². The summed E-state index contributed by atoms with van der Waals surface area (Å²) in [6.07, 6.45) is 2.40. The van der Waals surface area contributed by atoms with Crippen molar-refractivity contribution >= 4 is 49.9 Å². The van der Waals surface area contributed by atoms with Crippen LogP contribution in [-0.2, 0) is 38.2 Å². The Kier molecular flexibility index (Phi) is 9.15. The van der Waals surface area contributed by atoms with Gasteiger partial charge < -0.3 is 25.0 Å². The molecule has 3 amide bonds. The summed E-state index contributed by atoms with van der Waals surface area (Å²) < 4.78 is 43.1. The zero-order valence-electron chi connectivity index (χ0n) is 25.8. The van der Waals surface area contributed by atoms with Crippen molar-refractivity contribution in [3.8, 4) is 0 Å². The molecule has 2 N–H and O–H groups in total. The van der Waals surface area contributed by atoms with Gasteiger partial charge in [-0.3, -0.25) is 13.8 Å². The molecule has 12 nitrogen and oxygen atoms in total. The summed E-state index contributed by atoms with van der Waals surface area (Å²) in [5.41, 5.74) is -2.15. The first-order chi connectivity index (χ1) is 21.1. The second-order valence-corrected chi connectivity index (χ2v) is 16.1. The molecule has 4 fully saturated rings. The van der Waals surface area contributed by atoms with Crippen LogP contribution < -0.4 is 10.6 Å². The third-order valence-electron chi connectivity index (χ3n) is 9.26. The van der Waals surface area contributed by atoms with Crippen molar-refractivity contribution in [1.29, 1.82) is 0 Å². The lowest BCUT2D eigenvalue weighted by atomic mass is 9.85. The highest BCUT2D eigenvalue weighted by Gasteiger charge is 2.62. The Morgan fingerprint density at radius 3 is 2.27 bits per heavy atom. The van der Waals surface area contributed by atoms with Crippen LogP contribution in [0.15, 0.2) is 46.3 Å². The van der Waals surface area contributed by atoms with Gasteiger partial charge in [-0.05, 0) is 67.2 Å². The van der Waals surface area contributed by atoms with Crippen molar-refractivity contribution in [2.45, 2.75) is 87.6 Å². The zero-order chi connectivity index (χ0) is 32.9. The number of hydrogen-bond donors (Lipinski definition) is 2. The van der Waals surface area contributed by atoms with E-state index in [9.17, 15) is 27.6 Å². The van der Waals surface area contributed by atoms with Gasteiger partial charge in [0.2, 0.25) is 11.8 Å². The number of alkyl carbamates (subject to hydrolysis) is 1. The number of esters is 1. The fourth-order valence-corrected chi connectivity index (χ4v) is 7.90. The van der Waals surface area contributed by atoms with Crippen LogP contribution in [0, 0.1) is 23.2 Å². The minimum Gasteiger partial charge on any atom is -0.467 e. The van der Waals surface area contributed by atoms with Gasteiger partial charge in [-0.2, -0.15) is 8.42 Å². The molecule has 1 aromatic carbocycles. The van der Waals surface area contributed by atoms with E-state index >= 15 is 0 Å². The fourth-order valence-electron chi connectivity index (χ4n) is 6.56. The standard InChI is InChI=1S/C31H40BrN3O9S/c1-6-19-15-31(19,28(38)42-5)34-26(36)24-14-22(44-45(40,41)23-9-7-20(32)8-10-23)16-35(24)27(37)25(30(2,3)4)33-29(39)43-21-12-17-11-18(17)13-21/h6-10,17-19,21-22,24-25H,1,11-16H2,2-5H3,(H,33,39)(H,34,36)/t17-,18?,19+,21?,22-,24-,25-,31?/m0/s1. The van der Waals surface area contributed by atoms with Gasteiger partial charge in [0.05, 0.1) is 18.1 Å². The summed E-state index contributed by atoms with van der Waals surface area (Å²) in [5.74, 6) is -1.11. The first kappa shape index (κ1) is 33.4. The summed E-state index contributed by atoms with van der Waals surface area (Å²) in [5, 5.41) is 5.45. The molecule has 1 aliphatic heterocycles. The number of benzene rings is 1. The van der Waals surface area contributed by atoms with E-state index in [0.717, 1.165) is 19.3 Å². The highest BCUT2D eigenvalue weighted by atomic mass is 79.9. The molecule has 3 aliphatic carbocycles. The number of amides is 3. The van der Waals surface area contributed by atoms with Crippen LogP contribution in [0.2, 0.25) is 0 Å². The third-order valence-corrected chi connectivity index (χ3v) is 11.2. The number of halogens is 1. The van der Waals surface area contributed by atoms with Gasteiger partial charge in [0, 0.05) is 23.4 Å². The van der Waals surface area contributed by atoms with Crippen LogP contribution in [0.4, 0.5) is 4.79 Å². The molecular formula is C31H40BrN3O9S. The van der Waals surface area contributed by atoms with E-state index in [1.807, 2.05) is 0 Å². The Bertz CT molecular complexity index is 1470. The van der Waals surface area contributed by atoms with E-state index < -0.39 is 63.1 Å². The van der Waals surface area contributed by atoms with Crippen molar-refractivity contribution in [3.63, 3.8) is 0 Å². The number of carbonyl (C=O) groups excluding carboxylic acids is 4. The Hall–Kier alpha value is -2.97. The highest BCUT2D eigenvalue weighted by Crippen LogP contribution is 2.52. The first-order valence-corrected chi connectivity index (χ1v) is 17.3. The van der Waals surface area contributed by atoms with Gasteiger partial charge in [0.1, 0.15) is 23.7 Å². The normalized spacial score (nSPS) is 30.9. The number of carbonyl (C=O) groups is 4. The first-order valence-electron chi connectivity index (χ1n) is 15.1. The number of rotatable bonds is 10. The molecule has 0 spiro atoms. The minimum absolute atomic E-state index is 0.0885. The molecule has 3 unspecified atom stereocenters. The van der Waals surface area contributed by atoms with Crippen molar-refractivity contribution in [3.05, 3.63) is 41.4 Å².